The van der Waals surface area contributed by atoms with Gasteiger partial charge in [-0.2, -0.15) is 0 Å². The van der Waals surface area contributed by atoms with Crippen LogP contribution in [-0.2, 0) is 16.0 Å². The number of aliphatic imine (C=N–C) groups is 1. The molecule has 8 heteroatoms. The van der Waals surface area contributed by atoms with Crippen LogP contribution in [0.3, 0.4) is 0 Å². The standard InChI is InChI=1S/C17H23F2N3O2.HI/c1-20-17(22-10-7-13(8-11-22)16(23)24-2)21-9-6-12-4-3-5-14(18)15(12)19;/h3-5,13H,6-11H2,1-2H3,(H,20,21);1H. The number of hydrogen-bond acceptors (Lipinski definition) is 3. The maximum Gasteiger partial charge on any atom is 0.308 e. The van der Waals surface area contributed by atoms with Gasteiger partial charge < -0.3 is 15.0 Å². The monoisotopic (exact) mass is 467 g/mol. The topological polar surface area (TPSA) is 53.9 Å². The Labute approximate surface area is 163 Å². The van der Waals surface area contributed by atoms with Gasteiger partial charge in [-0.15, -0.1) is 24.0 Å². The van der Waals surface area contributed by atoms with Gasteiger partial charge in [0, 0.05) is 26.7 Å². The van der Waals surface area contributed by atoms with Crippen molar-refractivity contribution < 1.29 is 18.3 Å². The summed E-state index contributed by atoms with van der Waals surface area (Å²) in [5.41, 5.74) is 0.336. The van der Waals surface area contributed by atoms with E-state index in [1.807, 2.05) is 0 Å². The molecule has 140 valence electrons. The average Bonchev–Trinajstić information content (AvgIpc) is 2.61. The number of carbonyl (C=O) groups is 1. The summed E-state index contributed by atoms with van der Waals surface area (Å²) in [6.45, 7) is 1.85. The van der Waals surface area contributed by atoms with Gasteiger partial charge in [0.1, 0.15) is 0 Å². The number of nitrogens with zero attached hydrogens (tertiary/aromatic N) is 2. The maximum absolute atomic E-state index is 13.6. The molecule has 2 rings (SSSR count). The van der Waals surface area contributed by atoms with Crippen LogP contribution in [0, 0.1) is 17.6 Å². The Morgan fingerprint density at radius 1 is 1.36 bits per heavy atom. The molecule has 1 fully saturated rings. The summed E-state index contributed by atoms with van der Waals surface area (Å²) in [7, 11) is 3.08. The first-order chi connectivity index (χ1) is 11.6. The van der Waals surface area contributed by atoms with E-state index in [-0.39, 0.29) is 35.9 Å². The van der Waals surface area contributed by atoms with Gasteiger partial charge in [0.05, 0.1) is 13.0 Å². The van der Waals surface area contributed by atoms with Crippen molar-refractivity contribution in [2.75, 3.05) is 33.8 Å². The number of benzene rings is 1. The third-order valence-electron chi connectivity index (χ3n) is 4.25. The molecule has 1 aromatic rings. The Bertz CT molecular complexity index is 606. The minimum absolute atomic E-state index is 0. The molecule has 1 heterocycles. The van der Waals surface area contributed by atoms with Crippen LogP contribution >= 0.6 is 24.0 Å². The highest BCUT2D eigenvalue weighted by Gasteiger charge is 2.26. The zero-order valence-electron chi connectivity index (χ0n) is 14.4. The molecule has 0 bridgehead atoms. The smallest absolute Gasteiger partial charge is 0.308 e. The van der Waals surface area contributed by atoms with Crippen LogP contribution in [0.4, 0.5) is 8.78 Å². The quantitative estimate of drug-likeness (QED) is 0.320. The highest BCUT2D eigenvalue weighted by molar-refractivity contribution is 14.0. The fraction of sp³-hybridized carbons (Fsp3) is 0.529. The first-order valence-electron chi connectivity index (χ1n) is 8.03. The lowest BCUT2D eigenvalue weighted by molar-refractivity contribution is -0.146. The van der Waals surface area contributed by atoms with Crippen molar-refractivity contribution in [2.24, 2.45) is 10.9 Å². The molecule has 0 aromatic heterocycles. The summed E-state index contributed by atoms with van der Waals surface area (Å²) >= 11 is 0. The van der Waals surface area contributed by atoms with Gasteiger partial charge in [0.15, 0.2) is 17.6 Å². The number of esters is 1. The number of methoxy groups -OCH3 is 1. The van der Waals surface area contributed by atoms with E-state index in [1.165, 1.54) is 13.2 Å². The summed E-state index contributed by atoms with van der Waals surface area (Å²) in [5, 5.41) is 3.16. The zero-order valence-corrected chi connectivity index (χ0v) is 16.8. The molecule has 0 radical (unpaired) electrons. The second-order valence-electron chi connectivity index (χ2n) is 5.72. The molecule has 1 N–H and O–H groups in total. The summed E-state index contributed by atoms with van der Waals surface area (Å²) in [5.74, 6) is -1.16. The number of piperidine rings is 1. The van der Waals surface area contributed by atoms with Crippen molar-refractivity contribution in [1.29, 1.82) is 0 Å². The number of likely N-dealkylation sites (tertiary alicyclic amines) is 1. The van der Waals surface area contributed by atoms with Gasteiger partial charge >= 0.3 is 5.97 Å². The lowest BCUT2D eigenvalue weighted by atomic mass is 9.97. The van der Waals surface area contributed by atoms with Gasteiger partial charge in [-0.1, -0.05) is 12.1 Å². The van der Waals surface area contributed by atoms with Crippen LogP contribution in [0.5, 0.6) is 0 Å². The molecule has 25 heavy (non-hydrogen) atoms. The van der Waals surface area contributed by atoms with Crippen LogP contribution in [0.1, 0.15) is 18.4 Å². The first kappa shape index (κ1) is 21.6. The van der Waals surface area contributed by atoms with E-state index >= 15 is 0 Å². The predicted molar refractivity (Wildman–Crippen MR) is 103 cm³/mol. The Hall–Kier alpha value is -1.45. The zero-order chi connectivity index (χ0) is 17.5. The average molecular weight is 467 g/mol. The minimum Gasteiger partial charge on any atom is -0.469 e. The second-order valence-corrected chi connectivity index (χ2v) is 5.72. The normalized spacial score (nSPS) is 15.5. The third-order valence-corrected chi connectivity index (χ3v) is 4.25. The van der Waals surface area contributed by atoms with E-state index < -0.39 is 11.6 Å². The number of nitrogens with one attached hydrogen (secondary N) is 1. The number of hydrogen-bond donors (Lipinski definition) is 1. The van der Waals surface area contributed by atoms with Crippen LogP contribution in [0.15, 0.2) is 23.2 Å². The van der Waals surface area contributed by atoms with Gasteiger partial charge in [-0.25, -0.2) is 8.78 Å². The van der Waals surface area contributed by atoms with Crippen LogP contribution < -0.4 is 5.32 Å². The van der Waals surface area contributed by atoms with E-state index in [0.29, 0.717) is 50.4 Å². The molecular weight excluding hydrogens is 443 g/mol. The largest absolute Gasteiger partial charge is 0.469 e. The molecule has 0 spiro atoms. The van der Waals surface area contributed by atoms with E-state index in [0.717, 1.165) is 6.07 Å². The fourth-order valence-corrected chi connectivity index (χ4v) is 2.88. The molecule has 5 nitrogen and oxygen atoms in total. The third kappa shape index (κ3) is 5.79. The Morgan fingerprint density at radius 3 is 2.64 bits per heavy atom. The Balaban J connectivity index is 0.00000312. The lowest BCUT2D eigenvalue weighted by Crippen LogP contribution is -2.47. The molecular formula is C17H24F2IN3O2. The number of carbonyl (C=O) groups excluding carboxylic acids is 1. The number of ether oxygens (including phenoxy) is 1. The van der Waals surface area contributed by atoms with E-state index in [1.54, 1.807) is 13.1 Å². The summed E-state index contributed by atoms with van der Waals surface area (Å²) < 4.78 is 31.6. The molecule has 1 saturated heterocycles. The van der Waals surface area contributed by atoms with Crippen LogP contribution in [0.25, 0.3) is 0 Å². The van der Waals surface area contributed by atoms with Crippen LogP contribution in [-0.4, -0.2) is 50.6 Å². The van der Waals surface area contributed by atoms with Gasteiger partial charge in [-0.05, 0) is 30.9 Å². The van der Waals surface area contributed by atoms with E-state index in [4.69, 9.17) is 4.74 Å². The molecule has 1 aliphatic heterocycles. The molecule has 0 saturated carbocycles. The van der Waals surface area contributed by atoms with Crippen LogP contribution in [0.2, 0.25) is 0 Å². The predicted octanol–water partition coefficient (Wildman–Crippen LogP) is 2.59. The van der Waals surface area contributed by atoms with Crippen molar-refractivity contribution in [3.63, 3.8) is 0 Å². The molecule has 0 unspecified atom stereocenters. The molecule has 1 aromatic carbocycles. The molecule has 0 atom stereocenters. The van der Waals surface area contributed by atoms with E-state index in [9.17, 15) is 13.6 Å². The maximum atomic E-state index is 13.6. The number of halogens is 3. The molecule has 0 amide bonds. The van der Waals surface area contributed by atoms with Crippen molar-refractivity contribution in [1.82, 2.24) is 10.2 Å². The highest BCUT2D eigenvalue weighted by atomic mass is 127. The van der Waals surface area contributed by atoms with Gasteiger partial charge in [0.25, 0.3) is 0 Å². The van der Waals surface area contributed by atoms with Gasteiger partial charge in [0.2, 0.25) is 0 Å². The van der Waals surface area contributed by atoms with Crippen molar-refractivity contribution in [3.8, 4) is 0 Å². The molecule has 1 aliphatic rings. The summed E-state index contributed by atoms with van der Waals surface area (Å²) in [6, 6.07) is 4.18. The first-order valence-corrected chi connectivity index (χ1v) is 8.03. The Morgan fingerprint density at radius 2 is 2.04 bits per heavy atom. The second kappa shape index (κ2) is 10.5. The highest BCUT2D eigenvalue weighted by Crippen LogP contribution is 2.18. The SMILES string of the molecule is CN=C(NCCc1cccc(F)c1F)N1CCC(C(=O)OC)CC1.I. The summed E-state index contributed by atoms with van der Waals surface area (Å²) in [4.78, 5) is 17.8. The minimum atomic E-state index is -0.832. The lowest BCUT2D eigenvalue weighted by Gasteiger charge is -2.33. The van der Waals surface area contributed by atoms with Crippen molar-refractivity contribution in [2.45, 2.75) is 19.3 Å². The number of guanidine groups is 1. The Kier molecular flexibility index (Phi) is 9.09. The van der Waals surface area contributed by atoms with Gasteiger partial charge in [-0.3, -0.25) is 9.79 Å². The van der Waals surface area contributed by atoms with Crippen molar-refractivity contribution in [3.05, 3.63) is 35.4 Å². The fourth-order valence-electron chi connectivity index (χ4n) is 2.88. The number of rotatable bonds is 4. The van der Waals surface area contributed by atoms with Crippen molar-refractivity contribution >= 4 is 35.9 Å². The molecule has 0 aliphatic carbocycles. The summed E-state index contributed by atoms with van der Waals surface area (Å²) in [6.07, 6.45) is 1.79. The van der Waals surface area contributed by atoms with E-state index in [2.05, 4.69) is 15.2 Å².